The number of furan rings is 1. The van der Waals surface area contributed by atoms with Gasteiger partial charge in [-0.25, -0.2) is 0 Å². The Labute approximate surface area is 291 Å². The fourth-order valence-corrected chi connectivity index (χ4v) is 9.05. The van der Waals surface area contributed by atoms with E-state index < -0.39 is 0 Å². The van der Waals surface area contributed by atoms with Crippen molar-refractivity contribution >= 4 is 103 Å². The summed E-state index contributed by atoms with van der Waals surface area (Å²) >= 11 is 1.86. The third-order valence-electron chi connectivity index (χ3n) is 10.1. The Morgan fingerprint density at radius 2 is 1.16 bits per heavy atom. The van der Waals surface area contributed by atoms with Crippen molar-refractivity contribution in [2.75, 3.05) is 4.90 Å². The lowest BCUT2D eigenvalue weighted by Crippen LogP contribution is -2.10. The van der Waals surface area contributed by atoms with Crippen LogP contribution in [0, 0.1) is 0 Å². The van der Waals surface area contributed by atoms with Crippen molar-refractivity contribution in [3.05, 3.63) is 170 Å². The smallest absolute Gasteiger partial charge is 0.135 e. The van der Waals surface area contributed by atoms with Crippen LogP contribution < -0.4 is 4.90 Å². The second-order valence-corrected chi connectivity index (χ2v) is 14.0. The van der Waals surface area contributed by atoms with Gasteiger partial charge in [-0.15, -0.1) is 11.3 Å². The highest BCUT2D eigenvalue weighted by Crippen LogP contribution is 2.46. The van der Waals surface area contributed by atoms with Crippen LogP contribution in [0.25, 0.3) is 80.4 Å². The molecule has 0 bridgehead atoms. The molecular weight excluding hydrogens is 629 g/mol. The summed E-state index contributed by atoms with van der Waals surface area (Å²) in [5, 5.41) is 9.75. The fourth-order valence-electron chi connectivity index (χ4n) is 7.92. The van der Waals surface area contributed by atoms with E-state index in [1.807, 2.05) is 23.5 Å². The third-order valence-corrected chi connectivity index (χ3v) is 11.3. The molecule has 0 radical (unpaired) electrons. The van der Waals surface area contributed by atoms with Gasteiger partial charge >= 0.3 is 0 Å². The van der Waals surface area contributed by atoms with Crippen molar-refractivity contribution in [2.24, 2.45) is 0 Å². The molecule has 0 amide bonds. The van der Waals surface area contributed by atoms with Crippen molar-refractivity contribution in [1.82, 2.24) is 4.57 Å². The predicted octanol–water partition coefficient (Wildman–Crippen LogP) is 13.7. The van der Waals surface area contributed by atoms with Crippen LogP contribution in [0.5, 0.6) is 0 Å². The molecule has 0 N–H and O–H groups in total. The molecule has 0 atom stereocenters. The summed E-state index contributed by atoms with van der Waals surface area (Å²) < 4.78 is 11.3. The molecule has 3 aromatic heterocycles. The van der Waals surface area contributed by atoms with Crippen molar-refractivity contribution in [2.45, 2.75) is 0 Å². The van der Waals surface area contributed by atoms with Crippen LogP contribution in [0.1, 0.15) is 0 Å². The van der Waals surface area contributed by atoms with Crippen LogP contribution >= 0.6 is 11.3 Å². The summed E-state index contributed by atoms with van der Waals surface area (Å²) in [5.74, 6) is 0. The first-order chi connectivity index (χ1) is 24.8. The van der Waals surface area contributed by atoms with Gasteiger partial charge < -0.3 is 13.9 Å². The summed E-state index contributed by atoms with van der Waals surface area (Å²) in [6, 6.07) is 61.4. The van der Waals surface area contributed by atoms with E-state index in [1.165, 1.54) is 52.8 Å². The van der Waals surface area contributed by atoms with Gasteiger partial charge in [-0.1, -0.05) is 84.9 Å². The number of nitrogens with zero attached hydrogens (tertiary/aromatic N) is 2. The molecule has 234 valence electrons. The van der Waals surface area contributed by atoms with Gasteiger partial charge in [0.25, 0.3) is 0 Å². The Balaban J connectivity index is 1.21. The number of hydrogen-bond donors (Lipinski definition) is 0. The minimum absolute atomic E-state index is 0.888. The second-order valence-electron chi connectivity index (χ2n) is 13.0. The molecule has 0 fully saturated rings. The lowest BCUT2D eigenvalue weighted by molar-refractivity contribution is 0.669. The number of benzene rings is 8. The van der Waals surface area contributed by atoms with Crippen LogP contribution in [0.3, 0.4) is 0 Å². The number of hydrogen-bond acceptors (Lipinski definition) is 3. The molecular formula is C46H28N2OS. The van der Waals surface area contributed by atoms with Crippen LogP contribution in [0.15, 0.2) is 174 Å². The summed E-state index contributed by atoms with van der Waals surface area (Å²) in [6.07, 6.45) is 0. The van der Waals surface area contributed by atoms with E-state index in [0.717, 1.165) is 44.7 Å². The summed E-state index contributed by atoms with van der Waals surface area (Å²) in [5.41, 5.74) is 8.60. The Hall–Kier alpha value is -6.36. The number of thiophene rings is 1. The standard InChI is InChI=1S/C46H28N2OS/c1-2-11-31(12-3-1)48-39-16-7-4-15-36(39)46-40(17-10-18-41(46)48)47(33-23-24-43-37(28-33)34-13-5-8-19-42(34)49-43)32-22-21-29-26-38-35-14-6-9-20-44(35)50-45(38)27-30(29)25-32/h1-28H. The Morgan fingerprint density at radius 3 is 2.08 bits per heavy atom. The number of rotatable bonds is 4. The van der Waals surface area contributed by atoms with Gasteiger partial charge in [0.2, 0.25) is 0 Å². The summed E-state index contributed by atoms with van der Waals surface area (Å²) in [6.45, 7) is 0. The van der Waals surface area contributed by atoms with E-state index in [0.29, 0.717) is 0 Å². The monoisotopic (exact) mass is 656 g/mol. The molecule has 0 saturated carbocycles. The van der Waals surface area contributed by atoms with Gasteiger partial charge in [-0.3, -0.25) is 0 Å². The van der Waals surface area contributed by atoms with Crippen LogP contribution in [0.2, 0.25) is 0 Å². The molecule has 0 unspecified atom stereocenters. The van der Waals surface area contributed by atoms with Crippen molar-refractivity contribution in [3.63, 3.8) is 0 Å². The topological polar surface area (TPSA) is 21.3 Å². The minimum Gasteiger partial charge on any atom is -0.456 e. The highest BCUT2D eigenvalue weighted by atomic mass is 32.1. The molecule has 0 aliphatic heterocycles. The van der Waals surface area contributed by atoms with E-state index >= 15 is 0 Å². The average molecular weight is 657 g/mol. The quantitative estimate of drug-likeness (QED) is 0.188. The van der Waals surface area contributed by atoms with Crippen molar-refractivity contribution in [3.8, 4) is 5.69 Å². The van der Waals surface area contributed by atoms with E-state index in [1.54, 1.807) is 0 Å². The highest BCUT2D eigenvalue weighted by Gasteiger charge is 2.22. The van der Waals surface area contributed by atoms with E-state index in [2.05, 4.69) is 167 Å². The Kier molecular flexibility index (Phi) is 5.83. The van der Waals surface area contributed by atoms with Gasteiger partial charge in [-0.2, -0.15) is 0 Å². The van der Waals surface area contributed by atoms with E-state index in [9.17, 15) is 0 Å². The van der Waals surface area contributed by atoms with Gasteiger partial charge in [-0.05, 0) is 95.7 Å². The van der Waals surface area contributed by atoms with E-state index in [-0.39, 0.29) is 0 Å². The number of para-hydroxylation sites is 3. The van der Waals surface area contributed by atoms with Crippen LogP contribution in [0.4, 0.5) is 17.1 Å². The normalized spacial score (nSPS) is 12.0. The molecule has 11 aromatic rings. The third kappa shape index (κ3) is 4.03. The number of anilines is 3. The second kappa shape index (κ2) is 10.6. The van der Waals surface area contributed by atoms with Gasteiger partial charge in [0.15, 0.2) is 0 Å². The highest BCUT2D eigenvalue weighted by molar-refractivity contribution is 7.25. The van der Waals surface area contributed by atoms with Gasteiger partial charge in [0.05, 0.1) is 16.7 Å². The average Bonchev–Trinajstić information content (AvgIpc) is 3.84. The first-order valence-electron chi connectivity index (χ1n) is 16.9. The summed E-state index contributed by atoms with van der Waals surface area (Å²) in [7, 11) is 0. The molecule has 3 heterocycles. The maximum atomic E-state index is 6.28. The molecule has 50 heavy (non-hydrogen) atoms. The van der Waals surface area contributed by atoms with Crippen LogP contribution in [-0.4, -0.2) is 4.57 Å². The summed E-state index contributed by atoms with van der Waals surface area (Å²) in [4.78, 5) is 2.43. The van der Waals surface area contributed by atoms with Gasteiger partial charge in [0.1, 0.15) is 11.2 Å². The first-order valence-corrected chi connectivity index (χ1v) is 17.7. The maximum absolute atomic E-state index is 6.28. The maximum Gasteiger partial charge on any atom is 0.135 e. The molecule has 8 aromatic carbocycles. The predicted molar refractivity (Wildman–Crippen MR) is 213 cm³/mol. The minimum atomic E-state index is 0.888. The molecule has 0 aliphatic rings. The number of fused-ring (bicyclic) bond motifs is 10. The Morgan fingerprint density at radius 1 is 0.440 bits per heavy atom. The molecule has 4 heteroatoms. The zero-order valence-corrected chi connectivity index (χ0v) is 27.7. The molecule has 0 aliphatic carbocycles. The largest absolute Gasteiger partial charge is 0.456 e. The van der Waals surface area contributed by atoms with Crippen LogP contribution in [-0.2, 0) is 0 Å². The van der Waals surface area contributed by atoms with Crippen molar-refractivity contribution in [1.29, 1.82) is 0 Å². The molecule has 3 nitrogen and oxygen atoms in total. The lowest BCUT2D eigenvalue weighted by atomic mass is 10.0. The van der Waals surface area contributed by atoms with Gasteiger partial charge in [0, 0.05) is 58.8 Å². The molecule has 11 rings (SSSR count). The lowest BCUT2D eigenvalue weighted by Gasteiger charge is -2.27. The molecule has 0 saturated heterocycles. The first kappa shape index (κ1) is 27.6. The fraction of sp³-hybridized carbons (Fsp3) is 0. The molecule has 0 spiro atoms. The number of aromatic nitrogens is 1. The SMILES string of the molecule is c1ccc(-n2c3ccccc3c3c(N(c4ccc5cc6c(cc5c4)sc4ccccc46)c4ccc5oc6ccccc6c5c4)cccc32)cc1. The van der Waals surface area contributed by atoms with Crippen molar-refractivity contribution < 1.29 is 4.42 Å². The van der Waals surface area contributed by atoms with E-state index in [4.69, 9.17) is 4.42 Å². The zero-order chi connectivity index (χ0) is 32.8. The Bertz CT molecular complexity index is 3110. The zero-order valence-electron chi connectivity index (χ0n) is 26.9.